The Labute approximate surface area is 307 Å². The zero-order chi connectivity index (χ0) is 37.4. The molecule has 4 aromatic rings. The number of nitrogens with two attached hydrogens (primary N) is 2. The van der Waals surface area contributed by atoms with Crippen molar-refractivity contribution in [3.63, 3.8) is 0 Å². The van der Waals surface area contributed by atoms with Crippen molar-refractivity contribution in [1.29, 1.82) is 0 Å². The molecule has 5 N–H and O–H groups in total. The number of hydrazine groups is 1. The first-order chi connectivity index (χ1) is 25.0. The summed E-state index contributed by atoms with van der Waals surface area (Å²) in [4.78, 5) is 43.6. The van der Waals surface area contributed by atoms with E-state index in [0.717, 1.165) is 16.7 Å². The van der Waals surface area contributed by atoms with Crippen LogP contribution in [0.3, 0.4) is 0 Å². The Morgan fingerprint density at radius 3 is 2.42 bits per heavy atom. The summed E-state index contributed by atoms with van der Waals surface area (Å²) < 4.78 is 25.2. The summed E-state index contributed by atoms with van der Waals surface area (Å²) in [7, 11) is 0. The normalized spacial score (nSPS) is 13.7. The molecule has 12 heteroatoms. The van der Waals surface area contributed by atoms with Crippen LogP contribution in [-0.4, -0.2) is 47.5 Å². The first kappa shape index (κ1) is 37.7. The van der Waals surface area contributed by atoms with Gasteiger partial charge in [0.05, 0.1) is 23.4 Å². The minimum Gasteiger partial charge on any atom is -0.460 e. The highest BCUT2D eigenvalue weighted by atomic mass is 35.5. The molecule has 10 nitrogen and oxygen atoms in total. The molecule has 1 aliphatic carbocycles. The van der Waals surface area contributed by atoms with Gasteiger partial charge in [0.2, 0.25) is 0 Å². The molecule has 2 unspecified atom stereocenters. The number of rotatable bonds is 15. The molecule has 1 aromatic heterocycles. The summed E-state index contributed by atoms with van der Waals surface area (Å²) in [5, 5.41) is 4.77. The van der Waals surface area contributed by atoms with E-state index in [4.69, 9.17) is 32.7 Å². The molecule has 5 rings (SSSR count). The van der Waals surface area contributed by atoms with Crippen LogP contribution >= 0.6 is 11.6 Å². The van der Waals surface area contributed by atoms with E-state index in [1.54, 1.807) is 49.6 Å². The van der Waals surface area contributed by atoms with E-state index in [1.807, 2.05) is 38.1 Å². The largest absolute Gasteiger partial charge is 0.460 e. The molecule has 0 aliphatic heterocycles. The van der Waals surface area contributed by atoms with Gasteiger partial charge in [0, 0.05) is 52.9 Å². The summed E-state index contributed by atoms with van der Waals surface area (Å²) in [6.45, 7) is 5.93. The lowest BCUT2D eigenvalue weighted by atomic mass is 9.79. The van der Waals surface area contributed by atoms with Gasteiger partial charge in [-0.25, -0.2) is 19.8 Å². The van der Waals surface area contributed by atoms with Gasteiger partial charge in [0.1, 0.15) is 19.0 Å². The van der Waals surface area contributed by atoms with Gasteiger partial charge in [-0.1, -0.05) is 68.3 Å². The number of ketones is 1. The molecule has 0 radical (unpaired) electrons. The second-order valence-corrected chi connectivity index (χ2v) is 13.0. The molecular weight excluding hydrogens is 685 g/mol. The quantitative estimate of drug-likeness (QED) is 0.0463. The summed E-state index contributed by atoms with van der Waals surface area (Å²) in [5.74, 6) is 3.70. The summed E-state index contributed by atoms with van der Waals surface area (Å²) in [6, 6.07) is 20.0. The van der Waals surface area contributed by atoms with Gasteiger partial charge in [0.25, 0.3) is 0 Å². The van der Waals surface area contributed by atoms with Crippen molar-refractivity contribution in [2.45, 2.75) is 39.7 Å². The highest BCUT2D eigenvalue weighted by Gasteiger charge is 2.32. The molecule has 0 bridgehead atoms. The fourth-order valence-electron chi connectivity index (χ4n) is 6.10. The van der Waals surface area contributed by atoms with Crippen molar-refractivity contribution < 1.29 is 28.2 Å². The van der Waals surface area contributed by atoms with Crippen molar-refractivity contribution in [2.75, 3.05) is 19.8 Å². The number of hydrogen-bond acceptors (Lipinski definition) is 10. The number of fused-ring (bicyclic) bond motifs is 3. The van der Waals surface area contributed by atoms with E-state index in [0.29, 0.717) is 40.9 Å². The van der Waals surface area contributed by atoms with Gasteiger partial charge >= 0.3 is 11.9 Å². The van der Waals surface area contributed by atoms with E-state index in [1.165, 1.54) is 29.4 Å². The second kappa shape index (κ2) is 17.1. The number of pyridine rings is 1. The number of nitrogens with zero attached hydrogens (tertiary/aromatic N) is 2. The predicted molar refractivity (Wildman–Crippen MR) is 197 cm³/mol. The third-order valence-electron chi connectivity index (χ3n) is 9.00. The van der Waals surface area contributed by atoms with Crippen LogP contribution in [0.2, 0.25) is 5.02 Å². The lowest BCUT2D eigenvalue weighted by molar-refractivity contribution is -0.139. The Hall–Kier alpha value is -5.52. The van der Waals surface area contributed by atoms with E-state index in [-0.39, 0.29) is 47.7 Å². The zero-order valence-corrected chi connectivity index (χ0v) is 30.0. The number of ether oxygens (including phenoxy) is 2. The minimum absolute atomic E-state index is 0.0618. The lowest BCUT2D eigenvalue weighted by Crippen LogP contribution is -2.32. The number of hydrogen-bond donors (Lipinski definition) is 3. The lowest BCUT2D eigenvalue weighted by Gasteiger charge is -2.28. The smallest absolute Gasteiger partial charge is 0.338 e. The average molecular weight is 726 g/mol. The van der Waals surface area contributed by atoms with Crippen molar-refractivity contribution in [1.82, 2.24) is 15.3 Å². The maximum absolute atomic E-state index is 14.0. The first-order valence-corrected chi connectivity index (χ1v) is 17.2. The molecule has 0 amide bonds. The van der Waals surface area contributed by atoms with Crippen LogP contribution in [0.4, 0.5) is 4.39 Å². The number of halogens is 2. The number of benzene rings is 3. The molecule has 52 heavy (non-hydrogen) atoms. The Morgan fingerprint density at radius 2 is 1.71 bits per heavy atom. The van der Waals surface area contributed by atoms with Crippen LogP contribution < -0.4 is 16.9 Å². The molecule has 2 atom stereocenters. The van der Waals surface area contributed by atoms with Crippen LogP contribution in [-0.2, 0) is 20.8 Å². The van der Waals surface area contributed by atoms with Gasteiger partial charge in [-0.05, 0) is 71.5 Å². The Bertz CT molecular complexity index is 2020. The monoisotopic (exact) mass is 725 g/mol. The molecule has 0 spiro atoms. The molecule has 3 aromatic carbocycles. The molecule has 1 heterocycles. The van der Waals surface area contributed by atoms with E-state index >= 15 is 0 Å². The maximum Gasteiger partial charge on any atom is 0.338 e. The summed E-state index contributed by atoms with van der Waals surface area (Å²) >= 11 is 6.54. The van der Waals surface area contributed by atoms with Gasteiger partial charge < -0.3 is 25.5 Å². The number of carbonyl (C=O) groups is 3. The van der Waals surface area contributed by atoms with Crippen LogP contribution in [0.5, 0.6) is 0 Å². The molecule has 0 fully saturated rings. The Morgan fingerprint density at radius 1 is 1.00 bits per heavy atom. The Kier molecular flexibility index (Phi) is 12.4. The molecular formula is C40H41ClFN5O5. The zero-order valence-electron chi connectivity index (χ0n) is 29.2. The van der Waals surface area contributed by atoms with E-state index in [2.05, 4.69) is 10.3 Å². The summed E-state index contributed by atoms with van der Waals surface area (Å²) in [6.07, 6.45) is 5.46. The second-order valence-electron chi connectivity index (χ2n) is 12.6. The van der Waals surface area contributed by atoms with Crippen LogP contribution in [0.15, 0.2) is 108 Å². The van der Waals surface area contributed by atoms with Crippen molar-refractivity contribution in [3.8, 4) is 11.1 Å². The molecule has 0 saturated carbocycles. The van der Waals surface area contributed by atoms with Gasteiger partial charge in [-0.15, -0.1) is 0 Å². The first-order valence-electron chi connectivity index (χ1n) is 16.9. The molecule has 0 saturated heterocycles. The van der Waals surface area contributed by atoms with Gasteiger partial charge in [-0.2, -0.15) is 0 Å². The van der Waals surface area contributed by atoms with Crippen LogP contribution in [0.25, 0.3) is 11.1 Å². The van der Waals surface area contributed by atoms with Crippen LogP contribution in [0.1, 0.15) is 70.5 Å². The standard InChI is InChI=1S/C40H41ClFN5O5/c1-4-24(2)36(33-12-10-28(42)20-35(33)41)37(25(3)46-21-26-13-15-45-16-14-26)40(50)51-18-17-47(44)22-29(43)23-52-39(49)27-9-11-31-30-7-5-6-8-32(30)38(48)34(31)19-27/h5-16,19-20,22,24,36,46H,4,17-18,21,23,43-44H2,1-3H3/b29-22-,37-25+. The molecule has 270 valence electrons. The van der Waals surface area contributed by atoms with Crippen LogP contribution in [0, 0.1) is 11.7 Å². The van der Waals surface area contributed by atoms with Gasteiger partial charge in [0.15, 0.2) is 5.78 Å². The summed E-state index contributed by atoms with van der Waals surface area (Å²) in [5.41, 5.74) is 11.6. The number of aromatic nitrogens is 1. The van der Waals surface area contributed by atoms with Crippen molar-refractivity contribution in [2.24, 2.45) is 17.5 Å². The average Bonchev–Trinajstić information content (AvgIpc) is 3.42. The third kappa shape index (κ3) is 8.85. The highest BCUT2D eigenvalue weighted by molar-refractivity contribution is 6.31. The van der Waals surface area contributed by atoms with E-state index in [9.17, 15) is 18.8 Å². The molecule has 1 aliphatic rings. The fraction of sp³-hybridized carbons (Fsp3) is 0.250. The van der Waals surface area contributed by atoms with Crippen molar-refractivity contribution >= 4 is 29.3 Å². The number of esters is 2. The highest BCUT2D eigenvalue weighted by Crippen LogP contribution is 2.40. The third-order valence-corrected chi connectivity index (χ3v) is 9.33. The topological polar surface area (TPSA) is 150 Å². The number of allylic oxidation sites excluding steroid dienone is 1. The Balaban J connectivity index is 1.22. The fourth-order valence-corrected chi connectivity index (χ4v) is 6.39. The number of nitrogens with one attached hydrogen (secondary N) is 1. The SMILES string of the molecule is CCC(C)C(/C(C(=O)OCCN(N)/C=C(\N)COC(=O)c1ccc2c(c1)C(=O)c1ccccc1-2)=C(/C)NCc1ccncc1)c1ccc(F)cc1Cl. The van der Waals surface area contributed by atoms with E-state index < -0.39 is 23.7 Å². The van der Waals surface area contributed by atoms with Crippen molar-refractivity contribution in [3.05, 3.63) is 147 Å². The van der Waals surface area contributed by atoms with Gasteiger partial charge in [-0.3, -0.25) is 9.78 Å². The maximum atomic E-state index is 14.0. The predicted octanol–water partition coefficient (Wildman–Crippen LogP) is 6.66. The minimum atomic E-state index is -0.648. The number of carbonyl (C=O) groups excluding carboxylic acids is 3.